The van der Waals surface area contributed by atoms with Crippen LogP contribution in [0.1, 0.15) is 68.4 Å². The zero-order chi connectivity index (χ0) is 15.3. The number of anilines is 1. The highest BCUT2D eigenvalue weighted by atomic mass is 16.1. The van der Waals surface area contributed by atoms with Crippen LogP contribution in [0.3, 0.4) is 0 Å². The lowest BCUT2D eigenvalue weighted by molar-refractivity contribution is 0.0883. The van der Waals surface area contributed by atoms with E-state index in [0.717, 1.165) is 37.2 Å². The number of aryl methyl sites for hydroxylation is 1. The van der Waals surface area contributed by atoms with E-state index in [1.807, 2.05) is 13.0 Å². The quantitative estimate of drug-likeness (QED) is 0.869. The van der Waals surface area contributed by atoms with Gasteiger partial charge in [0.05, 0.1) is 11.3 Å². The number of nitrogens with one attached hydrogen (secondary N) is 2. The maximum Gasteiger partial charge on any atom is 0.255 e. The molecule has 1 aliphatic rings. The molecular weight excluding hydrogens is 262 g/mol. The second kappa shape index (κ2) is 6.92. The van der Waals surface area contributed by atoms with E-state index in [0.29, 0.717) is 5.56 Å². The molecule has 0 unspecified atom stereocenters. The van der Waals surface area contributed by atoms with Crippen LogP contribution in [0.5, 0.6) is 0 Å². The van der Waals surface area contributed by atoms with E-state index in [4.69, 9.17) is 0 Å². The van der Waals surface area contributed by atoms with E-state index >= 15 is 0 Å². The number of hydrogen-bond donors (Lipinski definition) is 2. The van der Waals surface area contributed by atoms with Crippen molar-refractivity contribution in [3.63, 3.8) is 0 Å². The van der Waals surface area contributed by atoms with E-state index in [1.54, 1.807) is 6.20 Å². The van der Waals surface area contributed by atoms with Crippen LogP contribution >= 0.6 is 0 Å². The fraction of sp³-hybridized carbons (Fsp3) is 0.647. The minimum atomic E-state index is -0.0672. The summed E-state index contributed by atoms with van der Waals surface area (Å²) in [4.78, 5) is 16.9. The van der Waals surface area contributed by atoms with Crippen LogP contribution in [0.4, 0.5) is 5.69 Å². The lowest BCUT2D eigenvalue weighted by atomic mass is 9.83. The third kappa shape index (κ3) is 4.19. The molecule has 1 heterocycles. The van der Waals surface area contributed by atoms with Crippen LogP contribution in [0.15, 0.2) is 12.3 Å². The van der Waals surface area contributed by atoms with Crippen molar-refractivity contribution in [1.82, 2.24) is 10.3 Å². The minimum absolute atomic E-state index is 0.00879. The Hall–Kier alpha value is -1.58. The van der Waals surface area contributed by atoms with Crippen molar-refractivity contribution < 1.29 is 4.79 Å². The molecule has 2 rings (SSSR count). The number of hydrogen-bond acceptors (Lipinski definition) is 3. The second-order valence-electron chi connectivity index (χ2n) is 6.37. The zero-order valence-corrected chi connectivity index (χ0v) is 13.5. The Morgan fingerprint density at radius 3 is 2.71 bits per heavy atom. The summed E-state index contributed by atoms with van der Waals surface area (Å²) in [6, 6.07) is 1.95. The monoisotopic (exact) mass is 289 g/mol. The van der Waals surface area contributed by atoms with Gasteiger partial charge in [0, 0.05) is 24.0 Å². The second-order valence-corrected chi connectivity index (χ2v) is 6.37. The summed E-state index contributed by atoms with van der Waals surface area (Å²) in [7, 11) is 0. The van der Waals surface area contributed by atoms with Crippen LogP contribution < -0.4 is 10.6 Å². The van der Waals surface area contributed by atoms with Gasteiger partial charge in [0.25, 0.3) is 5.91 Å². The molecule has 1 aromatic rings. The van der Waals surface area contributed by atoms with Crippen LogP contribution in [-0.4, -0.2) is 23.0 Å². The number of amides is 1. The molecule has 116 valence electrons. The van der Waals surface area contributed by atoms with Gasteiger partial charge in [-0.25, -0.2) is 0 Å². The van der Waals surface area contributed by atoms with Crippen LogP contribution in [0.25, 0.3) is 0 Å². The summed E-state index contributed by atoms with van der Waals surface area (Å²) < 4.78 is 0. The molecule has 21 heavy (non-hydrogen) atoms. The van der Waals surface area contributed by atoms with Crippen molar-refractivity contribution in [1.29, 1.82) is 0 Å². The third-order valence-corrected chi connectivity index (χ3v) is 4.22. The maximum atomic E-state index is 12.6. The van der Waals surface area contributed by atoms with Gasteiger partial charge < -0.3 is 10.6 Å². The molecule has 4 nitrogen and oxygen atoms in total. The standard InChI is InChI=1S/C17H27N3O/c1-4-10-18-15-11-13(2)19-12-14(15)16(21)20-17(3)8-6-5-7-9-17/h11-12H,4-10H2,1-3H3,(H,18,19)(H,20,21). The predicted molar refractivity (Wildman–Crippen MR) is 86.7 cm³/mol. The Morgan fingerprint density at radius 1 is 1.33 bits per heavy atom. The normalized spacial score (nSPS) is 17.3. The van der Waals surface area contributed by atoms with Gasteiger partial charge in [-0.15, -0.1) is 0 Å². The van der Waals surface area contributed by atoms with Crippen molar-refractivity contribution in [2.45, 2.75) is 64.8 Å². The molecule has 0 bridgehead atoms. The highest BCUT2D eigenvalue weighted by Gasteiger charge is 2.29. The molecule has 0 spiro atoms. The highest BCUT2D eigenvalue weighted by Crippen LogP contribution is 2.28. The molecular formula is C17H27N3O. The molecule has 0 aliphatic heterocycles. The fourth-order valence-electron chi connectivity index (χ4n) is 2.95. The van der Waals surface area contributed by atoms with Gasteiger partial charge in [-0.3, -0.25) is 9.78 Å². The van der Waals surface area contributed by atoms with Gasteiger partial charge in [-0.1, -0.05) is 26.2 Å². The van der Waals surface area contributed by atoms with Gasteiger partial charge in [0.2, 0.25) is 0 Å². The summed E-state index contributed by atoms with van der Waals surface area (Å²) in [5.74, 6) is -0.00879. The first-order chi connectivity index (χ1) is 10.0. The lowest BCUT2D eigenvalue weighted by Crippen LogP contribution is -2.47. The molecule has 1 amide bonds. The van der Waals surface area contributed by atoms with E-state index in [1.165, 1.54) is 19.3 Å². The average Bonchev–Trinajstić information content (AvgIpc) is 2.45. The molecule has 4 heteroatoms. The minimum Gasteiger partial charge on any atom is -0.384 e. The van der Waals surface area contributed by atoms with Crippen LogP contribution in [0.2, 0.25) is 0 Å². The fourth-order valence-corrected chi connectivity index (χ4v) is 2.95. The van der Waals surface area contributed by atoms with E-state index < -0.39 is 0 Å². The van der Waals surface area contributed by atoms with Gasteiger partial charge >= 0.3 is 0 Å². The van der Waals surface area contributed by atoms with Gasteiger partial charge in [0.1, 0.15) is 0 Å². The number of carbonyl (C=O) groups is 1. The first-order valence-corrected chi connectivity index (χ1v) is 8.07. The van der Waals surface area contributed by atoms with Crippen molar-refractivity contribution in [3.8, 4) is 0 Å². The summed E-state index contributed by atoms with van der Waals surface area (Å²) in [5.41, 5.74) is 2.40. The zero-order valence-electron chi connectivity index (χ0n) is 13.5. The van der Waals surface area contributed by atoms with E-state index in [2.05, 4.69) is 29.5 Å². The first kappa shape index (κ1) is 15.8. The average molecular weight is 289 g/mol. The molecule has 0 saturated heterocycles. The summed E-state index contributed by atoms with van der Waals surface area (Å²) in [6.07, 6.45) is 8.52. The summed E-state index contributed by atoms with van der Waals surface area (Å²) in [5, 5.41) is 6.56. The Balaban J connectivity index is 2.14. The summed E-state index contributed by atoms with van der Waals surface area (Å²) in [6.45, 7) is 7.08. The van der Waals surface area contributed by atoms with Crippen LogP contribution in [-0.2, 0) is 0 Å². The van der Waals surface area contributed by atoms with Crippen molar-refractivity contribution in [3.05, 3.63) is 23.5 Å². The highest BCUT2D eigenvalue weighted by molar-refractivity contribution is 5.99. The number of pyridine rings is 1. The lowest BCUT2D eigenvalue weighted by Gasteiger charge is -2.34. The molecule has 1 saturated carbocycles. The van der Waals surface area contributed by atoms with E-state index in [9.17, 15) is 4.79 Å². The predicted octanol–water partition coefficient (Wildman–Crippen LogP) is 3.66. The molecule has 1 aliphatic carbocycles. The first-order valence-electron chi connectivity index (χ1n) is 8.07. The number of aromatic nitrogens is 1. The number of carbonyl (C=O) groups excluding carboxylic acids is 1. The Labute approximate surface area is 127 Å². The maximum absolute atomic E-state index is 12.6. The van der Waals surface area contributed by atoms with Crippen molar-refractivity contribution in [2.24, 2.45) is 0 Å². The van der Waals surface area contributed by atoms with E-state index in [-0.39, 0.29) is 11.4 Å². The topological polar surface area (TPSA) is 54.0 Å². The molecule has 0 atom stereocenters. The Kier molecular flexibility index (Phi) is 5.21. The third-order valence-electron chi connectivity index (χ3n) is 4.22. The molecule has 2 N–H and O–H groups in total. The number of rotatable bonds is 5. The molecule has 0 aromatic carbocycles. The van der Waals surface area contributed by atoms with Gasteiger partial charge in [0.15, 0.2) is 0 Å². The van der Waals surface area contributed by atoms with Crippen LogP contribution in [0, 0.1) is 6.92 Å². The number of nitrogens with zero attached hydrogens (tertiary/aromatic N) is 1. The van der Waals surface area contributed by atoms with Gasteiger partial charge in [-0.05, 0) is 39.2 Å². The Bertz CT molecular complexity index is 493. The molecule has 1 aromatic heterocycles. The SMILES string of the molecule is CCCNc1cc(C)ncc1C(=O)NC1(C)CCCCC1. The van der Waals surface area contributed by atoms with Crippen molar-refractivity contribution >= 4 is 11.6 Å². The molecule has 1 fully saturated rings. The smallest absolute Gasteiger partial charge is 0.255 e. The Morgan fingerprint density at radius 2 is 2.05 bits per heavy atom. The molecule has 0 radical (unpaired) electrons. The summed E-state index contributed by atoms with van der Waals surface area (Å²) >= 11 is 0. The van der Waals surface area contributed by atoms with Crippen molar-refractivity contribution in [2.75, 3.05) is 11.9 Å². The largest absolute Gasteiger partial charge is 0.384 e. The van der Waals surface area contributed by atoms with Gasteiger partial charge in [-0.2, -0.15) is 0 Å².